The van der Waals surface area contributed by atoms with Gasteiger partial charge in [-0.3, -0.25) is 4.79 Å². The molecular formula is C16H14BrF3N2O2. The van der Waals surface area contributed by atoms with Crippen LogP contribution in [-0.4, -0.2) is 16.4 Å². The summed E-state index contributed by atoms with van der Waals surface area (Å²) in [6.45, 7) is 0.00373. The van der Waals surface area contributed by atoms with Gasteiger partial charge in [0, 0.05) is 10.4 Å². The van der Waals surface area contributed by atoms with E-state index in [9.17, 15) is 18.0 Å². The molecule has 1 aromatic heterocycles. The standard InChI is InChI=1S/C16H14BrF3N2O2/c17-11-2-1-3-12(8-11)24-7-6-22-15(23)13(16(18,19)20)9-14(21-22)10-4-5-10/h1-3,8-10H,4-7H2. The number of alkyl halides is 3. The summed E-state index contributed by atoms with van der Waals surface area (Å²) in [5.74, 6) is 0.579. The van der Waals surface area contributed by atoms with Crippen LogP contribution in [0.25, 0.3) is 0 Å². The quantitative estimate of drug-likeness (QED) is 0.759. The SMILES string of the molecule is O=c1c(C(F)(F)F)cc(C2CC2)nn1CCOc1cccc(Br)c1. The summed E-state index contributed by atoms with van der Waals surface area (Å²) in [6.07, 6.45) is -3.08. The minimum Gasteiger partial charge on any atom is -0.492 e. The molecule has 2 aromatic rings. The first-order valence-electron chi connectivity index (χ1n) is 7.42. The lowest BCUT2D eigenvalue weighted by Crippen LogP contribution is -2.33. The van der Waals surface area contributed by atoms with Crippen molar-refractivity contribution in [3.8, 4) is 5.75 Å². The molecule has 0 amide bonds. The van der Waals surface area contributed by atoms with Crippen molar-refractivity contribution >= 4 is 15.9 Å². The highest BCUT2D eigenvalue weighted by atomic mass is 79.9. The second-order valence-corrected chi connectivity index (χ2v) is 6.50. The van der Waals surface area contributed by atoms with E-state index in [-0.39, 0.29) is 19.1 Å². The molecule has 0 N–H and O–H groups in total. The second-order valence-electron chi connectivity index (χ2n) is 5.59. The Bertz CT molecular complexity index is 801. The van der Waals surface area contributed by atoms with E-state index in [1.807, 2.05) is 6.07 Å². The topological polar surface area (TPSA) is 44.1 Å². The maximum atomic E-state index is 13.0. The first kappa shape index (κ1) is 17.0. The van der Waals surface area contributed by atoms with E-state index in [4.69, 9.17) is 4.74 Å². The van der Waals surface area contributed by atoms with Crippen LogP contribution in [0.15, 0.2) is 39.6 Å². The fraction of sp³-hybridized carbons (Fsp3) is 0.375. The van der Waals surface area contributed by atoms with Crippen LogP contribution in [0.4, 0.5) is 13.2 Å². The van der Waals surface area contributed by atoms with Crippen LogP contribution in [0.2, 0.25) is 0 Å². The zero-order valence-electron chi connectivity index (χ0n) is 12.5. The van der Waals surface area contributed by atoms with E-state index in [0.717, 1.165) is 28.1 Å². The second kappa shape index (κ2) is 6.58. The zero-order chi connectivity index (χ0) is 17.3. The maximum Gasteiger partial charge on any atom is 0.421 e. The number of hydrogen-bond acceptors (Lipinski definition) is 3. The van der Waals surface area contributed by atoms with Crippen LogP contribution in [0.3, 0.4) is 0 Å². The zero-order valence-corrected chi connectivity index (χ0v) is 14.1. The number of benzene rings is 1. The number of rotatable bonds is 5. The highest BCUT2D eigenvalue weighted by Crippen LogP contribution is 2.40. The number of hydrogen-bond donors (Lipinski definition) is 0. The van der Waals surface area contributed by atoms with E-state index >= 15 is 0 Å². The van der Waals surface area contributed by atoms with Gasteiger partial charge < -0.3 is 4.74 Å². The smallest absolute Gasteiger partial charge is 0.421 e. The third kappa shape index (κ3) is 3.98. The number of aromatic nitrogens is 2. The molecule has 1 fully saturated rings. The average Bonchev–Trinajstić information content (AvgIpc) is 3.32. The Morgan fingerprint density at radius 1 is 1.29 bits per heavy atom. The van der Waals surface area contributed by atoms with Crippen molar-refractivity contribution in [2.45, 2.75) is 31.5 Å². The molecule has 0 aliphatic heterocycles. The van der Waals surface area contributed by atoms with Gasteiger partial charge in [0.05, 0.1) is 12.2 Å². The Hall–Kier alpha value is -1.83. The molecule has 24 heavy (non-hydrogen) atoms. The summed E-state index contributed by atoms with van der Waals surface area (Å²) in [5.41, 5.74) is -1.98. The molecule has 0 saturated heterocycles. The van der Waals surface area contributed by atoms with Crippen LogP contribution in [0, 0.1) is 0 Å². The molecule has 3 rings (SSSR count). The fourth-order valence-electron chi connectivity index (χ4n) is 2.30. The third-order valence-electron chi connectivity index (χ3n) is 3.66. The van der Waals surface area contributed by atoms with Gasteiger partial charge in [0.15, 0.2) is 0 Å². The van der Waals surface area contributed by atoms with E-state index in [2.05, 4.69) is 21.0 Å². The molecule has 0 unspecified atom stereocenters. The molecule has 1 aliphatic carbocycles. The van der Waals surface area contributed by atoms with Crippen molar-refractivity contribution in [2.75, 3.05) is 6.61 Å². The lowest BCUT2D eigenvalue weighted by atomic mass is 10.2. The first-order chi connectivity index (χ1) is 11.3. The van der Waals surface area contributed by atoms with Crippen molar-refractivity contribution in [3.05, 3.63) is 56.4 Å². The average molecular weight is 403 g/mol. The van der Waals surface area contributed by atoms with Crippen molar-refractivity contribution in [3.63, 3.8) is 0 Å². The predicted octanol–water partition coefficient (Wildman–Crippen LogP) is 3.98. The lowest BCUT2D eigenvalue weighted by Gasteiger charge is -2.13. The summed E-state index contributed by atoms with van der Waals surface area (Å²) in [5, 5.41) is 4.07. The molecule has 128 valence electrons. The molecule has 0 atom stereocenters. The van der Waals surface area contributed by atoms with Gasteiger partial charge in [0.25, 0.3) is 5.56 Å². The van der Waals surface area contributed by atoms with Gasteiger partial charge in [-0.2, -0.15) is 18.3 Å². The number of ether oxygens (including phenoxy) is 1. The minimum atomic E-state index is -4.68. The highest BCUT2D eigenvalue weighted by Gasteiger charge is 2.37. The van der Waals surface area contributed by atoms with E-state index < -0.39 is 17.3 Å². The summed E-state index contributed by atoms with van der Waals surface area (Å²) >= 11 is 3.30. The number of nitrogens with zero attached hydrogens (tertiary/aromatic N) is 2. The fourth-order valence-corrected chi connectivity index (χ4v) is 2.68. The van der Waals surface area contributed by atoms with Crippen molar-refractivity contribution < 1.29 is 17.9 Å². The molecule has 8 heteroatoms. The largest absolute Gasteiger partial charge is 0.492 e. The van der Waals surface area contributed by atoms with Gasteiger partial charge in [0.2, 0.25) is 0 Å². The highest BCUT2D eigenvalue weighted by molar-refractivity contribution is 9.10. The molecule has 0 spiro atoms. The first-order valence-corrected chi connectivity index (χ1v) is 8.21. The molecule has 0 radical (unpaired) electrons. The van der Waals surface area contributed by atoms with Crippen LogP contribution < -0.4 is 10.3 Å². The van der Waals surface area contributed by atoms with Crippen LogP contribution in [-0.2, 0) is 12.7 Å². The van der Waals surface area contributed by atoms with Gasteiger partial charge in [0.1, 0.15) is 17.9 Å². The Morgan fingerprint density at radius 2 is 2.04 bits per heavy atom. The predicted molar refractivity (Wildman–Crippen MR) is 85.1 cm³/mol. The van der Waals surface area contributed by atoms with Crippen LogP contribution in [0.5, 0.6) is 5.75 Å². The summed E-state index contributed by atoms with van der Waals surface area (Å²) in [7, 11) is 0. The number of halogens is 4. The minimum absolute atomic E-state index is 0.0175. The van der Waals surface area contributed by atoms with Gasteiger partial charge in [-0.05, 0) is 37.1 Å². The molecule has 0 bridgehead atoms. The normalized spacial score (nSPS) is 14.7. The van der Waals surface area contributed by atoms with Crippen molar-refractivity contribution in [1.82, 2.24) is 9.78 Å². The summed E-state index contributed by atoms with van der Waals surface area (Å²) in [6, 6.07) is 7.94. The van der Waals surface area contributed by atoms with Gasteiger partial charge >= 0.3 is 6.18 Å². The Balaban J connectivity index is 1.79. The van der Waals surface area contributed by atoms with E-state index in [1.54, 1.807) is 18.2 Å². The summed E-state index contributed by atoms with van der Waals surface area (Å²) < 4.78 is 46.3. The van der Waals surface area contributed by atoms with Gasteiger partial charge in [-0.1, -0.05) is 22.0 Å². The molecule has 4 nitrogen and oxygen atoms in total. The van der Waals surface area contributed by atoms with Crippen molar-refractivity contribution in [2.24, 2.45) is 0 Å². The Kier molecular flexibility index (Phi) is 4.67. The van der Waals surface area contributed by atoms with Crippen LogP contribution in [0.1, 0.15) is 30.0 Å². The molecule has 1 heterocycles. The van der Waals surface area contributed by atoms with E-state index in [0.29, 0.717) is 11.4 Å². The van der Waals surface area contributed by atoms with Crippen molar-refractivity contribution in [1.29, 1.82) is 0 Å². The summed E-state index contributed by atoms with van der Waals surface area (Å²) in [4.78, 5) is 12.0. The molecule has 1 saturated carbocycles. The Labute approximate surface area is 144 Å². The third-order valence-corrected chi connectivity index (χ3v) is 4.16. The maximum absolute atomic E-state index is 13.0. The van der Waals surface area contributed by atoms with Gasteiger partial charge in [-0.15, -0.1) is 0 Å². The molecule has 1 aromatic carbocycles. The Morgan fingerprint density at radius 3 is 2.67 bits per heavy atom. The van der Waals surface area contributed by atoms with Gasteiger partial charge in [-0.25, -0.2) is 4.68 Å². The monoisotopic (exact) mass is 402 g/mol. The molecule has 1 aliphatic rings. The van der Waals surface area contributed by atoms with E-state index in [1.165, 1.54) is 0 Å². The van der Waals surface area contributed by atoms with Crippen LogP contribution >= 0.6 is 15.9 Å². The molecular weight excluding hydrogens is 389 g/mol. The lowest BCUT2D eigenvalue weighted by molar-refractivity contribution is -0.139.